The summed E-state index contributed by atoms with van der Waals surface area (Å²) in [4.78, 5) is 57.3. The third-order valence-corrected chi connectivity index (χ3v) is 8.67. The summed E-state index contributed by atoms with van der Waals surface area (Å²) in [6, 6.07) is 30.4. The lowest BCUT2D eigenvalue weighted by atomic mass is 10.1. The van der Waals surface area contributed by atoms with Crippen molar-refractivity contribution >= 4 is 58.5 Å². The zero-order valence-corrected chi connectivity index (χ0v) is 27.4. The molecule has 0 spiro atoms. The monoisotopic (exact) mass is 648 g/mol. The highest BCUT2D eigenvalue weighted by atomic mass is 32.2. The second-order valence-electron chi connectivity index (χ2n) is 11.2. The molecule has 4 aromatic carbocycles. The molecule has 1 unspecified atom stereocenters. The first-order valence-corrected chi connectivity index (χ1v) is 15.9. The Bertz CT molecular complexity index is 1790. The van der Waals surface area contributed by atoms with Crippen molar-refractivity contribution in [3.63, 3.8) is 0 Å². The van der Waals surface area contributed by atoms with Crippen LogP contribution in [0.2, 0.25) is 0 Å². The maximum atomic E-state index is 13.7. The van der Waals surface area contributed by atoms with E-state index in [2.05, 4.69) is 16.1 Å². The van der Waals surface area contributed by atoms with Crippen LogP contribution in [0.1, 0.15) is 37.2 Å². The SMILES string of the molecule is CN(C)c1ccc(/C=C(\NC(=O)c2ccccc2)C(=O)Nc2ccccc2C(=O)NN2C(=O)CSC2c2ccc(N(C)C)cc2)cc1. The summed E-state index contributed by atoms with van der Waals surface area (Å²) < 4.78 is 0. The van der Waals surface area contributed by atoms with E-state index in [1.54, 1.807) is 60.7 Å². The van der Waals surface area contributed by atoms with Crippen LogP contribution in [0.25, 0.3) is 6.08 Å². The van der Waals surface area contributed by atoms with Crippen LogP contribution in [-0.2, 0) is 9.59 Å². The minimum absolute atomic E-state index is 0.0148. The highest BCUT2D eigenvalue weighted by Gasteiger charge is 2.35. The molecule has 10 nitrogen and oxygen atoms in total. The van der Waals surface area contributed by atoms with Crippen LogP contribution in [0.15, 0.2) is 109 Å². The fourth-order valence-corrected chi connectivity index (χ4v) is 5.96. The lowest BCUT2D eigenvalue weighted by Gasteiger charge is -2.25. The van der Waals surface area contributed by atoms with Gasteiger partial charge in [0.1, 0.15) is 11.1 Å². The lowest BCUT2D eigenvalue weighted by Crippen LogP contribution is -2.44. The molecule has 0 radical (unpaired) electrons. The highest BCUT2D eigenvalue weighted by Crippen LogP contribution is 2.38. The molecule has 1 saturated heterocycles. The Hall–Kier alpha value is -5.55. The van der Waals surface area contributed by atoms with Crippen molar-refractivity contribution in [1.82, 2.24) is 15.8 Å². The number of anilines is 3. The van der Waals surface area contributed by atoms with Crippen molar-refractivity contribution in [1.29, 1.82) is 0 Å². The minimum Gasteiger partial charge on any atom is -0.378 e. The van der Waals surface area contributed by atoms with E-state index < -0.39 is 23.1 Å². The topological polar surface area (TPSA) is 114 Å². The molecule has 4 aromatic rings. The van der Waals surface area contributed by atoms with Crippen LogP contribution in [-0.4, -0.2) is 62.6 Å². The van der Waals surface area contributed by atoms with E-state index in [0.717, 1.165) is 16.9 Å². The summed E-state index contributed by atoms with van der Waals surface area (Å²) in [6.07, 6.45) is 1.57. The van der Waals surface area contributed by atoms with Crippen molar-refractivity contribution < 1.29 is 19.2 Å². The molecule has 0 aromatic heterocycles. The van der Waals surface area contributed by atoms with E-state index in [1.807, 2.05) is 86.5 Å². The molecule has 1 atom stereocenters. The average Bonchev–Trinajstić information content (AvgIpc) is 3.44. The van der Waals surface area contributed by atoms with E-state index in [1.165, 1.54) is 16.8 Å². The number of carbonyl (C=O) groups excluding carboxylic acids is 4. The van der Waals surface area contributed by atoms with Gasteiger partial charge in [0.2, 0.25) is 0 Å². The number of para-hydroxylation sites is 1. The molecule has 0 aliphatic carbocycles. The van der Waals surface area contributed by atoms with E-state index in [0.29, 0.717) is 11.1 Å². The quantitative estimate of drug-likeness (QED) is 0.204. The number of hydrogen-bond acceptors (Lipinski definition) is 7. The largest absolute Gasteiger partial charge is 0.378 e. The molecule has 1 aliphatic heterocycles. The minimum atomic E-state index is -0.627. The number of hydrogen-bond donors (Lipinski definition) is 3. The average molecular weight is 649 g/mol. The van der Waals surface area contributed by atoms with Crippen LogP contribution in [0.3, 0.4) is 0 Å². The predicted molar refractivity (Wildman–Crippen MR) is 188 cm³/mol. The van der Waals surface area contributed by atoms with Gasteiger partial charge in [0.05, 0.1) is 17.0 Å². The van der Waals surface area contributed by atoms with Gasteiger partial charge in [-0.3, -0.25) is 24.6 Å². The molecule has 5 rings (SSSR count). The lowest BCUT2D eigenvalue weighted by molar-refractivity contribution is -0.130. The highest BCUT2D eigenvalue weighted by molar-refractivity contribution is 8.00. The van der Waals surface area contributed by atoms with Gasteiger partial charge in [0.15, 0.2) is 0 Å². The van der Waals surface area contributed by atoms with E-state index >= 15 is 0 Å². The summed E-state index contributed by atoms with van der Waals surface area (Å²) in [6.45, 7) is 0. The zero-order valence-electron chi connectivity index (χ0n) is 26.6. The summed E-state index contributed by atoms with van der Waals surface area (Å²) in [5, 5.41) is 6.44. The molecule has 4 amide bonds. The first-order chi connectivity index (χ1) is 22.6. The Kier molecular flexibility index (Phi) is 10.3. The smallest absolute Gasteiger partial charge is 0.272 e. The number of nitrogens with one attached hydrogen (secondary N) is 3. The predicted octanol–water partition coefficient (Wildman–Crippen LogP) is 5.15. The number of hydrazine groups is 1. The van der Waals surface area contributed by atoms with Gasteiger partial charge >= 0.3 is 0 Å². The second kappa shape index (κ2) is 14.7. The van der Waals surface area contributed by atoms with Crippen molar-refractivity contribution in [2.75, 3.05) is 49.1 Å². The Balaban J connectivity index is 1.38. The van der Waals surface area contributed by atoms with E-state index in [-0.39, 0.29) is 28.6 Å². The zero-order chi connectivity index (χ0) is 33.5. The maximum Gasteiger partial charge on any atom is 0.272 e. The van der Waals surface area contributed by atoms with Gasteiger partial charge in [-0.1, -0.05) is 54.6 Å². The van der Waals surface area contributed by atoms with E-state index in [9.17, 15) is 19.2 Å². The molecule has 3 N–H and O–H groups in total. The van der Waals surface area contributed by atoms with Gasteiger partial charge < -0.3 is 20.4 Å². The van der Waals surface area contributed by atoms with Crippen LogP contribution >= 0.6 is 11.8 Å². The first kappa shape index (κ1) is 32.8. The summed E-state index contributed by atoms with van der Waals surface area (Å²) in [5.41, 5.74) is 7.04. The molecule has 0 saturated carbocycles. The van der Waals surface area contributed by atoms with Crippen molar-refractivity contribution in [3.8, 4) is 0 Å². The maximum absolute atomic E-state index is 13.7. The first-order valence-electron chi connectivity index (χ1n) is 14.9. The molecule has 1 aliphatic rings. The number of amides is 4. The number of benzene rings is 4. The third kappa shape index (κ3) is 8.00. The molecule has 1 heterocycles. The molecule has 0 bridgehead atoms. The van der Waals surface area contributed by atoms with Crippen LogP contribution < -0.4 is 25.9 Å². The molecule has 1 fully saturated rings. The number of carbonyl (C=O) groups is 4. The van der Waals surface area contributed by atoms with Gasteiger partial charge in [-0.15, -0.1) is 11.8 Å². The standard InChI is InChI=1S/C36H36N6O4S/c1-40(2)27-18-14-24(15-19-27)22-31(38-33(44)25-10-6-5-7-11-25)35(46)37-30-13-9-8-12-29(30)34(45)39-42-32(43)23-47-36(42)26-16-20-28(21-17-26)41(3)4/h5-22,36H,23H2,1-4H3,(H,37,46)(H,38,44)(H,39,45)/b31-22-. The fraction of sp³-hybridized carbons (Fsp3) is 0.167. The van der Waals surface area contributed by atoms with Gasteiger partial charge in [-0.2, -0.15) is 0 Å². The third-order valence-electron chi connectivity index (χ3n) is 7.45. The Morgan fingerprint density at radius 2 is 1.36 bits per heavy atom. The molecule has 240 valence electrons. The number of rotatable bonds is 10. The number of thioether (sulfide) groups is 1. The van der Waals surface area contributed by atoms with E-state index in [4.69, 9.17) is 0 Å². The van der Waals surface area contributed by atoms with Gasteiger partial charge in [0.25, 0.3) is 23.6 Å². The van der Waals surface area contributed by atoms with Crippen LogP contribution in [0.4, 0.5) is 17.1 Å². The fourth-order valence-electron chi connectivity index (χ4n) is 4.86. The number of nitrogens with zero attached hydrogens (tertiary/aromatic N) is 3. The Morgan fingerprint density at radius 3 is 2.00 bits per heavy atom. The van der Waals surface area contributed by atoms with Gasteiger partial charge in [0, 0.05) is 45.1 Å². The summed E-state index contributed by atoms with van der Waals surface area (Å²) >= 11 is 1.42. The van der Waals surface area contributed by atoms with Gasteiger partial charge in [-0.05, 0) is 65.7 Å². The summed E-state index contributed by atoms with van der Waals surface area (Å²) in [5.74, 6) is -1.68. The van der Waals surface area contributed by atoms with Gasteiger partial charge in [-0.25, -0.2) is 5.01 Å². The van der Waals surface area contributed by atoms with Crippen molar-refractivity contribution in [3.05, 3.63) is 131 Å². The summed E-state index contributed by atoms with van der Waals surface area (Å²) in [7, 11) is 7.76. The molecule has 47 heavy (non-hydrogen) atoms. The Labute approximate surface area is 278 Å². The molecular weight excluding hydrogens is 613 g/mol. The van der Waals surface area contributed by atoms with Crippen LogP contribution in [0.5, 0.6) is 0 Å². The Morgan fingerprint density at radius 1 is 0.766 bits per heavy atom. The molecule has 11 heteroatoms. The molecular formula is C36H36N6O4S. The normalized spacial score (nSPS) is 14.4. The van der Waals surface area contributed by atoms with Crippen molar-refractivity contribution in [2.45, 2.75) is 5.37 Å². The second-order valence-corrected chi connectivity index (χ2v) is 12.3. The van der Waals surface area contributed by atoms with Crippen molar-refractivity contribution in [2.24, 2.45) is 0 Å². The van der Waals surface area contributed by atoms with Crippen LogP contribution in [0, 0.1) is 0 Å².